The van der Waals surface area contributed by atoms with Crippen LogP contribution in [0.25, 0.3) is 10.8 Å². The van der Waals surface area contributed by atoms with Crippen molar-refractivity contribution in [2.75, 3.05) is 0 Å². The number of benzene rings is 1. The molecule has 0 aliphatic rings. The number of aryl methyl sites for hydroxylation is 1. The summed E-state index contributed by atoms with van der Waals surface area (Å²) in [6.45, 7) is 2.24. The van der Waals surface area contributed by atoms with Crippen molar-refractivity contribution >= 4 is 10.8 Å². The Morgan fingerprint density at radius 1 is 1.00 bits per heavy atom. The normalized spacial score (nSPS) is 11.0. The summed E-state index contributed by atoms with van der Waals surface area (Å²) in [6, 6.07) is 9.89. The quantitative estimate of drug-likeness (QED) is 0.731. The topological polar surface area (TPSA) is 32.9 Å². The van der Waals surface area contributed by atoms with E-state index in [1.807, 2.05) is 24.3 Å². The van der Waals surface area contributed by atoms with Crippen molar-refractivity contribution in [2.24, 2.45) is 0 Å². The van der Waals surface area contributed by atoms with Gasteiger partial charge in [-0.2, -0.15) is 0 Å². The van der Waals surface area contributed by atoms with Crippen LogP contribution >= 0.6 is 0 Å². The molecule has 0 fully saturated rings. The molecule has 102 valence electrons. The molecule has 1 aromatic heterocycles. The van der Waals surface area contributed by atoms with Gasteiger partial charge in [0, 0.05) is 11.1 Å². The molecule has 0 aliphatic heterocycles. The molecule has 1 N–H and O–H groups in total. The Kier molecular flexibility index (Phi) is 5.20. The largest absolute Gasteiger partial charge is 0.326 e. The molecule has 0 spiro atoms. The van der Waals surface area contributed by atoms with Gasteiger partial charge in [0.25, 0.3) is 5.56 Å². The molecule has 0 unspecified atom stereocenters. The van der Waals surface area contributed by atoms with E-state index in [0.717, 1.165) is 29.3 Å². The van der Waals surface area contributed by atoms with Crippen LogP contribution in [0, 0.1) is 0 Å². The van der Waals surface area contributed by atoms with Gasteiger partial charge in [-0.1, -0.05) is 57.2 Å². The lowest BCUT2D eigenvalue weighted by atomic mass is 10.1. The first-order valence-corrected chi connectivity index (χ1v) is 7.42. The third kappa shape index (κ3) is 3.95. The van der Waals surface area contributed by atoms with Gasteiger partial charge in [0.15, 0.2) is 0 Å². The average molecular weight is 257 g/mol. The molecular formula is C17H23NO. The maximum absolute atomic E-state index is 11.9. The first-order chi connectivity index (χ1) is 9.31. The van der Waals surface area contributed by atoms with Crippen LogP contribution in [0.1, 0.15) is 51.1 Å². The zero-order valence-electron chi connectivity index (χ0n) is 11.7. The molecule has 0 atom stereocenters. The summed E-state index contributed by atoms with van der Waals surface area (Å²) >= 11 is 0. The van der Waals surface area contributed by atoms with Gasteiger partial charge in [0.2, 0.25) is 0 Å². The van der Waals surface area contributed by atoms with Gasteiger partial charge in [0.1, 0.15) is 0 Å². The highest BCUT2D eigenvalue weighted by molar-refractivity contribution is 5.81. The Morgan fingerprint density at radius 2 is 1.74 bits per heavy atom. The zero-order valence-corrected chi connectivity index (χ0v) is 11.7. The van der Waals surface area contributed by atoms with E-state index in [-0.39, 0.29) is 5.56 Å². The third-order valence-corrected chi connectivity index (χ3v) is 3.61. The van der Waals surface area contributed by atoms with E-state index in [2.05, 4.69) is 18.0 Å². The van der Waals surface area contributed by atoms with Crippen LogP contribution in [0.5, 0.6) is 0 Å². The molecule has 2 rings (SSSR count). The molecule has 0 amide bonds. The van der Waals surface area contributed by atoms with Crippen molar-refractivity contribution in [3.8, 4) is 0 Å². The summed E-state index contributed by atoms with van der Waals surface area (Å²) in [7, 11) is 0. The summed E-state index contributed by atoms with van der Waals surface area (Å²) < 4.78 is 0. The molecule has 2 heteroatoms. The number of unbranched alkanes of at least 4 members (excludes halogenated alkanes) is 5. The standard InChI is InChI=1S/C17H23NO/c1-2-3-4-5-6-7-11-15-13-14-10-8-9-12-16(14)17(19)18-15/h8-10,12-13H,2-7,11H2,1H3,(H,18,19). The van der Waals surface area contributed by atoms with Gasteiger partial charge in [-0.15, -0.1) is 0 Å². The first-order valence-electron chi connectivity index (χ1n) is 7.42. The van der Waals surface area contributed by atoms with Crippen molar-refractivity contribution in [1.29, 1.82) is 0 Å². The van der Waals surface area contributed by atoms with Gasteiger partial charge in [-0.05, 0) is 30.4 Å². The lowest BCUT2D eigenvalue weighted by molar-refractivity contribution is 0.604. The minimum absolute atomic E-state index is 0.0408. The van der Waals surface area contributed by atoms with Crippen LogP contribution in [0.2, 0.25) is 0 Å². The van der Waals surface area contributed by atoms with Crippen molar-refractivity contribution < 1.29 is 0 Å². The smallest absolute Gasteiger partial charge is 0.256 e. The van der Waals surface area contributed by atoms with Crippen molar-refractivity contribution in [3.63, 3.8) is 0 Å². The number of H-pyrrole nitrogens is 1. The van der Waals surface area contributed by atoms with Gasteiger partial charge >= 0.3 is 0 Å². The number of aromatic amines is 1. The van der Waals surface area contributed by atoms with E-state index in [1.165, 1.54) is 32.1 Å². The predicted octanol–water partition coefficient (Wildman–Crippen LogP) is 4.43. The molecule has 1 heterocycles. The van der Waals surface area contributed by atoms with E-state index < -0.39 is 0 Å². The second kappa shape index (κ2) is 7.13. The Bertz CT molecular complexity index is 571. The maximum Gasteiger partial charge on any atom is 0.256 e. The second-order valence-corrected chi connectivity index (χ2v) is 5.23. The maximum atomic E-state index is 11.9. The number of aromatic nitrogens is 1. The SMILES string of the molecule is CCCCCCCCc1cc2ccccc2c(=O)[nH]1. The lowest BCUT2D eigenvalue weighted by Crippen LogP contribution is -2.09. The molecule has 0 aliphatic carbocycles. The number of hydrogen-bond donors (Lipinski definition) is 1. The van der Waals surface area contributed by atoms with Crippen LogP contribution in [0.3, 0.4) is 0 Å². The number of nitrogens with one attached hydrogen (secondary N) is 1. The van der Waals surface area contributed by atoms with Gasteiger partial charge < -0.3 is 4.98 Å². The van der Waals surface area contributed by atoms with Gasteiger partial charge in [0.05, 0.1) is 0 Å². The fraction of sp³-hybridized carbons (Fsp3) is 0.471. The minimum atomic E-state index is 0.0408. The molecule has 1 aromatic carbocycles. The van der Waals surface area contributed by atoms with Crippen LogP contribution in [-0.4, -0.2) is 4.98 Å². The fourth-order valence-corrected chi connectivity index (χ4v) is 2.50. The molecule has 19 heavy (non-hydrogen) atoms. The number of fused-ring (bicyclic) bond motifs is 1. The molecule has 0 bridgehead atoms. The van der Waals surface area contributed by atoms with E-state index in [1.54, 1.807) is 0 Å². The minimum Gasteiger partial charge on any atom is -0.326 e. The highest BCUT2D eigenvalue weighted by atomic mass is 16.1. The lowest BCUT2D eigenvalue weighted by Gasteiger charge is -2.04. The predicted molar refractivity (Wildman–Crippen MR) is 81.6 cm³/mol. The van der Waals surface area contributed by atoms with Crippen molar-refractivity contribution in [1.82, 2.24) is 4.98 Å². The van der Waals surface area contributed by atoms with Gasteiger partial charge in [-0.25, -0.2) is 0 Å². The molecule has 0 radical (unpaired) electrons. The molecule has 2 nitrogen and oxygen atoms in total. The molecule has 2 aromatic rings. The highest BCUT2D eigenvalue weighted by Crippen LogP contribution is 2.12. The number of rotatable bonds is 7. The molecule has 0 saturated carbocycles. The number of hydrogen-bond acceptors (Lipinski definition) is 1. The van der Waals surface area contributed by atoms with E-state index in [9.17, 15) is 4.79 Å². The Hall–Kier alpha value is -1.57. The summed E-state index contributed by atoms with van der Waals surface area (Å²) in [4.78, 5) is 14.9. The first kappa shape index (κ1) is 13.9. The van der Waals surface area contributed by atoms with E-state index >= 15 is 0 Å². The zero-order chi connectivity index (χ0) is 13.5. The average Bonchev–Trinajstić information content (AvgIpc) is 2.43. The molecular weight excluding hydrogens is 234 g/mol. The van der Waals surface area contributed by atoms with Crippen LogP contribution in [-0.2, 0) is 6.42 Å². The Labute approximate surface area is 114 Å². The van der Waals surface area contributed by atoms with Crippen LogP contribution < -0.4 is 5.56 Å². The third-order valence-electron chi connectivity index (χ3n) is 3.61. The summed E-state index contributed by atoms with van der Waals surface area (Å²) in [5.74, 6) is 0. The highest BCUT2D eigenvalue weighted by Gasteiger charge is 2.01. The second-order valence-electron chi connectivity index (χ2n) is 5.23. The fourth-order valence-electron chi connectivity index (χ4n) is 2.50. The van der Waals surface area contributed by atoms with E-state index in [0.29, 0.717) is 0 Å². The summed E-state index contributed by atoms with van der Waals surface area (Å²) in [6.07, 6.45) is 8.68. The van der Waals surface area contributed by atoms with Crippen LogP contribution in [0.15, 0.2) is 35.1 Å². The number of pyridine rings is 1. The van der Waals surface area contributed by atoms with Crippen molar-refractivity contribution in [3.05, 3.63) is 46.4 Å². The summed E-state index contributed by atoms with van der Waals surface area (Å²) in [5.41, 5.74) is 1.11. The van der Waals surface area contributed by atoms with E-state index in [4.69, 9.17) is 0 Å². The summed E-state index contributed by atoms with van der Waals surface area (Å²) in [5, 5.41) is 1.83. The van der Waals surface area contributed by atoms with Crippen LogP contribution in [0.4, 0.5) is 0 Å². The monoisotopic (exact) mass is 257 g/mol. The Balaban J connectivity index is 1.92. The van der Waals surface area contributed by atoms with Gasteiger partial charge in [-0.3, -0.25) is 4.79 Å². The Morgan fingerprint density at radius 3 is 2.58 bits per heavy atom. The molecule has 0 saturated heterocycles. The van der Waals surface area contributed by atoms with Crippen molar-refractivity contribution in [2.45, 2.75) is 51.9 Å².